The molecule has 0 saturated carbocycles. The van der Waals surface area contributed by atoms with E-state index in [1.54, 1.807) is 0 Å². The fourth-order valence-corrected chi connectivity index (χ4v) is 2.10. The lowest BCUT2D eigenvalue weighted by Crippen LogP contribution is -2.01. The summed E-state index contributed by atoms with van der Waals surface area (Å²) in [7, 11) is 0. The smallest absolute Gasteiger partial charge is 0.0726 e. The van der Waals surface area contributed by atoms with Gasteiger partial charge in [-0.3, -0.25) is 4.98 Å². The number of benzene rings is 1. The molecular weight excluding hydrogens is 264 g/mol. The van der Waals surface area contributed by atoms with E-state index in [2.05, 4.69) is 45.3 Å². The highest BCUT2D eigenvalue weighted by atomic mass is 79.9. The first-order chi connectivity index (χ1) is 7.70. The maximum Gasteiger partial charge on any atom is 0.0726 e. The van der Waals surface area contributed by atoms with Crippen molar-refractivity contribution in [3.63, 3.8) is 0 Å². The Morgan fingerprint density at radius 2 is 2.12 bits per heavy atom. The lowest BCUT2D eigenvalue weighted by Gasteiger charge is -2.10. The Balaban J connectivity index is 2.55. The van der Waals surface area contributed by atoms with E-state index < -0.39 is 0 Å². The van der Waals surface area contributed by atoms with Gasteiger partial charge in [0, 0.05) is 27.8 Å². The zero-order valence-corrected chi connectivity index (χ0v) is 11.1. The van der Waals surface area contributed by atoms with Crippen LogP contribution in [0.2, 0.25) is 0 Å². The van der Waals surface area contributed by atoms with Gasteiger partial charge in [-0.1, -0.05) is 22.9 Å². The van der Waals surface area contributed by atoms with E-state index in [1.807, 2.05) is 19.1 Å². The molecule has 16 heavy (non-hydrogen) atoms. The molecule has 1 aromatic heterocycles. The van der Waals surface area contributed by atoms with Crippen LogP contribution >= 0.6 is 15.9 Å². The van der Waals surface area contributed by atoms with Gasteiger partial charge in [0.25, 0.3) is 0 Å². The average Bonchev–Trinajstić information content (AvgIpc) is 2.26. The number of hydrogen-bond acceptors (Lipinski definition) is 2. The second-order valence-electron chi connectivity index (χ2n) is 3.90. The molecule has 0 aliphatic carbocycles. The molecule has 2 nitrogen and oxygen atoms in total. The summed E-state index contributed by atoms with van der Waals surface area (Å²) in [6.07, 6.45) is 1.12. The fourth-order valence-electron chi connectivity index (χ4n) is 1.74. The van der Waals surface area contributed by atoms with E-state index in [0.29, 0.717) is 0 Å². The van der Waals surface area contributed by atoms with Crippen LogP contribution in [0.3, 0.4) is 0 Å². The van der Waals surface area contributed by atoms with Gasteiger partial charge in [-0.05, 0) is 37.6 Å². The van der Waals surface area contributed by atoms with Crippen LogP contribution in [0.25, 0.3) is 10.9 Å². The Morgan fingerprint density at radius 1 is 1.31 bits per heavy atom. The molecule has 1 N–H and O–H groups in total. The predicted molar refractivity (Wildman–Crippen MR) is 73.0 cm³/mol. The van der Waals surface area contributed by atoms with Crippen LogP contribution in [0.5, 0.6) is 0 Å². The zero-order valence-electron chi connectivity index (χ0n) is 9.55. The Morgan fingerprint density at radius 3 is 2.88 bits per heavy atom. The van der Waals surface area contributed by atoms with E-state index in [-0.39, 0.29) is 0 Å². The van der Waals surface area contributed by atoms with E-state index >= 15 is 0 Å². The zero-order chi connectivity index (χ0) is 11.5. The summed E-state index contributed by atoms with van der Waals surface area (Å²) in [5.41, 5.74) is 3.26. The van der Waals surface area contributed by atoms with Gasteiger partial charge in [-0.15, -0.1) is 0 Å². The molecule has 3 heteroatoms. The van der Waals surface area contributed by atoms with E-state index in [0.717, 1.165) is 28.6 Å². The molecule has 84 valence electrons. The Hall–Kier alpha value is -1.09. The molecule has 0 bridgehead atoms. The van der Waals surface area contributed by atoms with Crippen molar-refractivity contribution < 1.29 is 0 Å². The number of anilines is 1. The Bertz CT molecular complexity index is 509. The molecule has 0 amide bonds. The molecule has 0 aliphatic rings. The molecule has 2 aromatic rings. The molecule has 0 spiro atoms. The molecule has 0 fully saturated rings. The number of rotatable bonds is 3. The van der Waals surface area contributed by atoms with Gasteiger partial charge in [0.1, 0.15) is 0 Å². The van der Waals surface area contributed by atoms with Gasteiger partial charge >= 0.3 is 0 Å². The average molecular weight is 279 g/mol. The Labute approximate surface area is 104 Å². The maximum atomic E-state index is 4.52. The minimum Gasteiger partial charge on any atom is -0.384 e. The highest BCUT2D eigenvalue weighted by Crippen LogP contribution is 2.26. The predicted octanol–water partition coefficient (Wildman–Crippen LogP) is 4.13. The molecule has 0 radical (unpaired) electrons. The third-order valence-corrected chi connectivity index (χ3v) is 2.96. The highest BCUT2D eigenvalue weighted by Gasteiger charge is 2.03. The third kappa shape index (κ3) is 2.35. The number of fused-ring (bicyclic) bond motifs is 1. The fraction of sp³-hybridized carbons (Fsp3) is 0.308. The van der Waals surface area contributed by atoms with Crippen molar-refractivity contribution in [2.24, 2.45) is 0 Å². The van der Waals surface area contributed by atoms with E-state index in [9.17, 15) is 0 Å². The van der Waals surface area contributed by atoms with Crippen molar-refractivity contribution in [1.82, 2.24) is 4.98 Å². The number of aryl methyl sites for hydroxylation is 1. The monoisotopic (exact) mass is 278 g/mol. The summed E-state index contributed by atoms with van der Waals surface area (Å²) in [6, 6.07) is 8.28. The van der Waals surface area contributed by atoms with Crippen molar-refractivity contribution in [3.05, 3.63) is 34.4 Å². The topological polar surface area (TPSA) is 24.9 Å². The lowest BCUT2D eigenvalue weighted by molar-refractivity contribution is 0.980. The largest absolute Gasteiger partial charge is 0.384 e. The molecule has 2 rings (SSSR count). The first kappa shape index (κ1) is 11.4. The molecule has 0 unspecified atom stereocenters. The van der Waals surface area contributed by atoms with Gasteiger partial charge in [-0.25, -0.2) is 0 Å². The summed E-state index contributed by atoms with van der Waals surface area (Å²) in [4.78, 5) is 4.52. The molecule has 1 heterocycles. The van der Waals surface area contributed by atoms with Gasteiger partial charge in [-0.2, -0.15) is 0 Å². The van der Waals surface area contributed by atoms with Gasteiger partial charge in [0.15, 0.2) is 0 Å². The van der Waals surface area contributed by atoms with Gasteiger partial charge < -0.3 is 5.32 Å². The second-order valence-corrected chi connectivity index (χ2v) is 4.82. The van der Waals surface area contributed by atoms with Crippen molar-refractivity contribution in [3.8, 4) is 0 Å². The summed E-state index contributed by atoms with van der Waals surface area (Å²) < 4.78 is 1.09. The first-order valence-corrected chi connectivity index (χ1v) is 6.31. The first-order valence-electron chi connectivity index (χ1n) is 5.51. The van der Waals surface area contributed by atoms with Crippen LogP contribution in [-0.4, -0.2) is 11.5 Å². The van der Waals surface area contributed by atoms with E-state index in [4.69, 9.17) is 0 Å². The minimum atomic E-state index is 0.991. The standard InChI is InChI=1S/C13H15BrN2/c1-3-6-15-13-7-9(2)16-12-5-4-10(14)8-11(12)13/h4-5,7-8H,3,6H2,1-2H3,(H,15,16). The molecule has 0 atom stereocenters. The summed E-state index contributed by atoms with van der Waals surface area (Å²) in [6.45, 7) is 5.18. The normalized spacial score (nSPS) is 10.7. The van der Waals surface area contributed by atoms with Crippen LogP contribution in [-0.2, 0) is 0 Å². The summed E-state index contributed by atoms with van der Waals surface area (Å²) in [5.74, 6) is 0. The molecule has 1 aromatic carbocycles. The SMILES string of the molecule is CCCNc1cc(C)nc2ccc(Br)cc12. The minimum absolute atomic E-state index is 0.991. The number of nitrogens with one attached hydrogen (secondary N) is 1. The van der Waals surface area contributed by atoms with E-state index in [1.165, 1.54) is 11.1 Å². The van der Waals surface area contributed by atoms with Gasteiger partial charge in [0.2, 0.25) is 0 Å². The summed E-state index contributed by atoms with van der Waals surface area (Å²) in [5, 5.41) is 4.62. The molecular formula is C13H15BrN2. The number of hydrogen-bond donors (Lipinski definition) is 1. The molecule has 0 saturated heterocycles. The maximum absolute atomic E-state index is 4.52. The van der Waals surface area contributed by atoms with Crippen LogP contribution < -0.4 is 5.32 Å². The summed E-state index contributed by atoms with van der Waals surface area (Å²) >= 11 is 3.50. The second kappa shape index (κ2) is 4.83. The van der Waals surface area contributed by atoms with Crippen molar-refractivity contribution in [1.29, 1.82) is 0 Å². The van der Waals surface area contributed by atoms with Crippen LogP contribution in [0, 0.1) is 6.92 Å². The third-order valence-electron chi connectivity index (χ3n) is 2.46. The van der Waals surface area contributed by atoms with Crippen LogP contribution in [0.15, 0.2) is 28.7 Å². The van der Waals surface area contributed by atoms with Crippen LogP contribution in [0.1, 0.15) is 19.0 Å². The highest BCUT2D eigenvalue weighted by molar-refractivity contribution is 9.10. The van der Waals surface area contributed by atoms with Crippen molar-refractivity contribution in [2.45, 2.75) is 20.3 Å². The number of nitrogens with zero attached hydrogens (tertiary/aromatic N) is 1. The van der Waals surface area contributed by atoms with Crippen LogP contribution in [0.4, 0.5) is 5.69 Å². The lowest BCUT2D eigenvalue weighted by atomic mass is 10.1. The van der Waals surface area contributed by atoms with Gasteiger partial charge in [0.05, 0.1) is 5.52 Å². The van der Waals surface area contributed by atoms with Crippen molar-refractivity contribution >= 4 is 32.5 Å². The quantitative estimate of drug-likeness (QED) is 0.913. The number of aromatic nitrogens is 1. The Kier molecular flexibility index (Phi) is 3.44. The number of halogens is 1. The molecule has 0 aliphatic heterocycles. The van der Waals surface area contributed by atoms with Crippen molar-refractivity contribution in [2.75, 3.05) is 11.9 Å². The number of pyridine rings is 1.